The van der Waals surface area contributed by atoms with E-state index in [1.165, 1.54) is 9.69 Å². The molecule has 2 heterocycles. The minimum atomic E-state index is -0.711. The van der Waals surface area contributed by atoms with Crippen molar-refractivity contribution in [1.29, 1.82) is 0 Å². The molecule has 0 saturated heterocycles. The molecule has 0 fully saturated rings. The fourth-order valence-corrected chi connectivity index (χ4v) is 3.70. The zero-order valence-corrected chi connectivity index (χ0v) is 18.4. The van der Waals surface area contributed by atoms with E-state index < -0.39 is 12.2 Å². The fraction of sp³-hybridized carbons (Fsp3) is 0.250. The number of carbonyl (C=O) groups excluding carboxylic acids is 3. The van der Waals surface area contributed by atoms with Crippen LogP contribution in [0.5, 0.6) is 0 Å². The maximum absolute atomic E-state index is 13.3. The van der Waals surface area contributed by atoms with Crippen molar-refractivity contribution < 1.29 is 23.9 Å². The molecule has 0 unspecified atom stereocenters. The van der Waals surface area contributed by atoms with Gasteiger partial charge in [-0.15, -0.1) is 0 Å². The average molecular weight is 448 g/mol. The van der Waals surface area contributed by atoms with Crippen LogP contribution in [0, 0.1) is 0 Å². The number of hydrazine groups is 1. The van der Waals surface area contributed by atoms with Crippen LogP contribution >= 0.6 is 0 Å². The minimum absolute atomic E-state index is 0.000716. The summed E-state index contributed by atoms with van der Waals surface area (Å²) in [5.41, 5.74) is 2.99. The van der Waals surface area contributed by atoms with Gasteiger partial charge in [0.1, 0.15) is 0 Å². The molecule has 0 radical (unpaired) electrons. The second kappa shape index (κ2) is 9.56. The van der Waals surface area contributed by atoms with E-state index in [-0.39, 0.29) is 32.2 Å². The Morgan fingerprint density at radius 1 is 0.818 bits per heavy atom. The largest absolute Gasteiger partial charge is 0.448 e. The lowest BCUT2D eigenvalue weighted by Gasteiger charge is -2.36. The molecular formula is C24H24N4O5. The van der Waals surface area contributed by atoms with Gasteiger partial charge in [0.05, 0.1) is 37.7 Å². The molecule has 2 amide bonds. The van der Waals surface area contributed by atoms with Crippen molar-refractivity contribution >= 4 is 18.1 Å². The quantitative estimate of drug-likeness (QED) is 0.597. The van der Waals surface area contributed by atoms with Crippen LogP contribution in [0.2, 0.25) is 0 Å². The maximum Gasteiger partial charge on any atom is 0.429 e. The molecule has 9 nitrogen and oxygen atoms in total. The van der Waals surface area contributed by atoms with E-state index in [1.807, 2.05) is 36.4 Å². The van der Waals surface area contributed by atoms with Gasteiger partial charge in [0.2, 0.25) is 0 Å². The van der Waals surface area contributed by atoms with Crippen molar-refractivity contribution in [3.05, 3.63) is 77.5 Å². The van der Waals surface area contributed by atoms with Crippen molar-refractivity contribution in [3.63, 3.8) is 0 Å². The molecule has 3 aromatic rings. The van der Waals surface area contributed by atoms with E-state index in [1.54, 1.807) is 38.1 Å². The molecule has 0 saturated carbocycles. The highest BCUT2D eigenvalue weighted by Crippen LogP contribution is 2.33. The van der Waals surface area contributed by atoms with Crippen LogP contribution in [0.4, 0.5) is 9.59 Å². The molecule has 0 aliphatic carbocycles. The normalized spacial score (nSPS) is 12.8. The van der Waals surface area contributed by atoms with Gasteiger partial charge in [0.25, 0.3) is 5.91 Å². The van der Waals surface area contributed by atoms with Gasteiger partial charge >= 0.3 is 12.2 Å². The van der Waals surface area contributed by atoms with Crippen molar-refractivity contribution in [2.24, 2.45) is 0 Å². The summed E-state index contributed by atoms with van der Waals surface area (Å²) in [6, 6.07) is 18.2. The Bertz CT molecular complexity index is 1160. The number of carbonyl (C=O) groups is 3. The molecule has 4 rings (SSSR count). The third-order valence-corrected chi connectivity index (χ3v) is 5.21. The highest BCUT2D eigenvalue weighted by atomic mass is 16.6. The topological polar surface area (TPSA) is 94.0 Å². The van der Waals surface area contributed by atoms with Crippen LogP contribution < -0.4 is 0 Å². The molecule has 1 aliphatic heterocycles. The van der Waals surface area contributed by atoms with E-state index in [0.717, 1.165) is 10.6 Å². The van der Waals surface area contributed by atoms with E-state index >= 15 is 0 Å². The average Bonchev–Trinajstić information content (AvgIpc) is 3.23. The molecule has 0 spiro atoms. The third kappa shape index (κ3) is 4.30. The van der Waals surface area contributed by atoms with Gasteiger partial charge in [-0.3, -0.25) is 4.79 Å². The second-order valence-electron chi connectivity index (χ2n) is 7.24. The van der Waals surface area contributed by atoms with Crippen molar-refractivity contribution in [2.45, 2.75) is 26.9 Å². The first-order valence-corrected chi connectivity index (χ1v) is 10.7. The summed E-state index contributed by atoms with van der Waals surface area (Å²) in [6.45, 7) is 3.57. The molecule has 1 aromatic heterocycles. The minimum Gasteiger partial charge on any atom is -0.448 e. The summed E-state index contributed by atoms with van der Waals surface area (Å²) in [5, 5.41) is 6.97. The first kappa shape index (κ1) is 22.1. The molecular weight excluding hydrogens is 424 g/mol. The summed E-state index contributed by atoms with van der Waals surface area (Å²) < 4.78 is 11.6. The number of hydrogen-bond acceptors (Lipinski definition) is 6. The molecule has 0 atom stereocenters. The highest BCUT2D eigenvalue weighted by Gasteiger charge is 2.38. The van der Waals surface area contributed by atoms with Gasteiger partial charge in [-0.2, -0.15) is 9.78 Å². The number of fused-ring (bicyclic) bond motifs is 1. The van der Waals surface area contributed by atoms with Crippen LogP contribution in [-0.4, -0.2) is 51.1 Å². The second-order valence-corrected chi connectivity index (χ2v) is 7.24. The Morgan fingerprint density at radius 3 is 1.94 bits per heavy atom. The highest BCUT2D eigenvalue weighted by molar-refractivity contribution is 5.96. The van der Waals surface area contributed by atoms with E-state index in [4.69, 9.17) is 9.47 Å². The van der Waals surface area contributed by atoms with Gasteiger partial charge in [0, 0.05) is 16.7 Å². The third-order valence-electron chi connectivity index (χ3n) is 5.21. The van der Waals surface area contributed by atoms with Crippen LogP contribution in [0.25, 0.3) is 11.3 Å². The van der Waals surface area contributed by atoms with E-state index in [2.05, 4.69) is 5.10 Å². The van der Waals surface area contributed by atoms with Crippen molar-refractivity contribution in [3.8, 4) is 11.3 Å². The monoisotopic (exact) mass is 448 g/mol. The Hall–Kier alpha value is -4.14. The zero-order valence-electron chi connectivity index (χ0n) is 18.4. The van der Waals surface area contributed by atoms with E-state index in [9.17, 15) is 14.4 Å². The van der Waals surface area contributed by atoms with Gasteiger partial charge < -0.3 is 9.47 Å². The molecule has 170 valence electrons. The van der Waals surface area contributed by atoms with Crippen molar-refractivity contribution in [2.75, 3.05) is 13.2 Å². The van der Waals surface area contributed by atoms with Gasteiger partial charge in [0.15, 0.2) is 0 Å². The number of hydrogen-bond donors (Lipinski definition) is 0. The summed E-state index contributed by atoms with van der Waals surface area (Å²) >= 11 is 0. The summed E-state index contributed by atoms with van der Waals surface area (Å²) in [6.07, 6.45) is -1.39. The number of nitrogens with zero attached hydrogens (tertiary/aromatic N) is 4. The van der Waals surface area contributed by atoms with E-state index in [0.29, 0.717) is 22.5 Å². The van der Waals surface area contributed by atoms with Crippen LogP contribution in [-0.2, 0) is 22.6 Å². The van der Waals surface area contributed by atoms with Gasteiger partial charge in [-0.05, 0) is 26.0 Å². The molecule has 2 aromatic carbocycles. The maximum atomic E-state index is 13.3. The molecule has 33 heavy (non-hydrogen) atoms. The molecule has 9 heteroatoms. The van der Waals surface area contributed by atoms with Gasteiger partial charge in [-0.25, -0.2) is 19.6 Å². The number of rotatable bonds is 4. The Balaban J connectivity index is 1.85. The molecule has 0 bridgehead atoms. The Labute approximate surface area is 191 Å². The summed E-state index contributed by atoms with van der Waals surface area (Å²) in [7, 11) is 0. The predicted molar refractivity (Wildman–Crippen MR) is 119 cm³/mol. The Kier molecular flexibility index (Phi) is 6.39. The van der Waals surface area contributed by atoms with Crippen LogP contribution in [0.1, 0.15) is 35.5 Å². The number of amides is 2. The van der Waals surface area contributed by atoms with Crippen LogP contribution in [0.3, 0.4) is 0 Å². The summed E-state index contributed by atoms with van der Waals surface area (Å²) in [4.78, 5) is 38.7. The molecule has 1 aliphatic rings. The number of aromatic nitrogens is 2. The standard InChI is InChI=1S/C24H24N4O5/c1-3-32-23(30)26-15-19-20(16-27(26)24(31)33-4-2)28(22(29)18-13-9-6-10-14-18)25-21(19)17-11-7-5-8-12-17/h5-14H,3-4,15-16H2,1-2H3. The van der Waals surface area contributed by atoms with Crippen molar-refractivity contribution in [1.82, 2.24) is 19.8 Å². The summed E-state index contributed by atoms with van der Waals surface area (Å²) in [5.74, 6) is -0.331. The smallest absolute Gasteiger partial charge is 0.429 e. The lowest BCUT2D eigenvalue weighted by molar-refractivity contribution is -0.0380. The van der Waals surface area contributed by atoms with Gasteiger partial charge in [-0.1, -0.05) is 48.5 Å². The first-order valence-electron chi connectivity index (χ1n) is 10.7. The molecule has 0 N–H and O–H groups in total. The predicted octanol–water partition coefficient (Wildman–Crippen LogP) is 4.08. The SMILES string of the molecule is CCOC(=O)N1Cc2c(-c3ccccc3)nn(C(=O)c3ccccc3)c2CN1C(=O)OCC. The lowest BCUT2D eigenvalue weighted by Crippen LogP contribution is -2.52. The fourth-order valence-electron chi connectivity index (χ4n) is 3.70. The Morgan fingerprint density at radius 2 is 1.36 bits per heavy atom. The first-order chi connectivity index (χ1) is 16.0. The van der Waals surface area contributed by atoms with Crippen LogP contribution in [0.15, 0.2) is 60.7 Å². The zero-order chi connectivity index (χ0) is 23.4. The number of benzene rings is 2. The number of ether oxygens (including phenoxy) is 2. The lowest BCUT2D eigenvalue weighted by atomic mass is 10.0.